The van der Waals surface area contributed by atoms with Crippen LogP contribution in [0.25, 0.3) is 0 Å². The van der Waals surface area contributed by atoms with Gasteiger partial charge in [0, 0.05) is 6.42 Å². The van der Waals surface area contributed by atoms with Crippen LogP contribution in [0.4, 0.5) is 0 Å². The van der Waals surface area contributed by atoms with Crippen LogP contribution in [0.1, 0.15) is 57.8 Å². The molecular formula is C13H20O. The van der Waals surface area contributed by atoms with Crippen molar-refractivity contribution >= 4 is 5.78 Å². The van der Waals surface area contributed by atoms with Crippen molar-refractivity contribution in [1.82, 2.24) is 0 Å². The van der Waals surface area contributed by atoms with E-state index in [0.717, 1.165) is 30.8 Å². The largest absolute Gasteiger partial charge is 0.295 e. The van der Waals surface area contributed by atoms with E-state index in [9.17, 15) is 4.79 Å². The molecule has 0 aromatic carbocycles. The van der Waals surface area contributed by atoms with E-state index in [1.54, 1.807) is 0 Å². The Bertz CT molecular complexity index is 234. The second-order valence-electron chi connectivity index (χ2n) is 4.72. The fourth-order valence-corrected chi connectivity index (χ4v) is 2.66. The van der Waals surface area contributed by atoms with E-state index in [-0.39, 0.29) is 0 Å². The van der Waals surface area contributed by atoms with Gasteiger partial charge in [-0.1, -0.05) is 25.3 Å². The number of hydrogen-bond donors (Lipinski definition) is 0. The minimum absolute atomic E-state index is 0.432. The minimum atomic E-state index is 0.432. The third-order valence-corrected chi connectivity index (χ3v) is 3.54. The molecule has 0 saturated heterocycles. The summed E-state index contributed by atoms with van der Waals surface area (Å²) in [6, 6.07) is 0. The highest BCUT2D eigenvalue weighted by Crippen LogP contribution is 2.28. The number of ketones is 1. The summed E-state index contributed by atoms with van der Waals surface area (Å²) in [6.45, 7) is 0. The van der Waals surface area contributed by atoms with Crippen molar-refractivity contribution in [2.24, 2.45) is 5.92 Å². The zero-order valence-corrected chi connectivity index (χ0v) is 8.93. The summed E-state index contributed by atoms with van der Waals surface area (Å²) < 4.78 is 0. The summed E-state index contributed by atoms with van der Waals surface area (Å²) in [4.78, 5) is 11.6. The van der Waals surface area contributed by atoms with Gasteiger partial charge in [0.25, 0.3) is 0 Å². The lowest BCUT2D eigenvalue weighted by Crippen LogP contribution is -2.11. The first-order valence-corrected chi connectivity index (χ1v) is 6.10. The predicted octanol–water partition coefficient (Wildman–Crippen LogP) is 3.64. The maximum absolute atomic E-state index is 11.6. The van der Waals surface area contributed by atoms with Gasteiger partial charge in [-0.3, -0.25) is 4.79 Å². The molecule has 0 aliphatic heterocycles. The van der Waals surface area contributed by atoms with Crippen LogP contribution in [0.5, 0.6) is 0 Å². The molecule has 0 amide bonds. The summed E-state index contributed by atoms with van der Waals surface area (Å²) in [5.74, 6) is 1.16. The maximum atomic E-state index is 11.6. The van der Waals surface area contributed by atoms with E-state index in [1.807, 2.05) is 0 Å². The Morgan fingerprint density at radius 2 is 1.64 bits per heavy atom. The fourth-order valence-electron chi connectivity index (χ4n) is 2.66. The van der Waals surface area contributed by atoms with Crippen LogP contribution >= 0.6 is 0 Å². The van der Waals surface area contributed by atoms with Crippen LogP contribution in [-0.2, 0) is 4.79 Å². The standard InChI is InChI=1S/C13H20O/c14-13-9-5-4-8-12(13)10-11-6-2-1-3-7-11/h10-11H,1-9H2. The molecule has 1 nitrogen and oxygen atoms in total. The number of carbonyl (C=O) groups excluding carboxylic acids is 1. The van der Waals surface area contributed by atoms with Gasteiger partial charge in [-0.2, -0.15) is 0 Å². The van der Waals surface area contributed by atoms with Gasteiger partial charge in [0.05, 0.1) is 0 Å². The Kier molecular flexibility index (Phi) is 3.39. The van der Waals surface area contributed by atoms with Gasteiger partial charge in [-0.15, -0.1) is 0 Å². The molecule has 0 spiro atoms. The lowest BCUT2D eigenvalue weighted by atomic mass is 9.84. The molecule has 0 unspecified atom stereocenters. The minimum Gasteiger partial charge on any atom is -0.295 e. The molecule has 2 fully saturated rings. The molecular weight excluding hydrogens is 172 g/mol. The fraction of sp³-hybridized carbons (Fsp3) is 0.769. The summed E-state index contributed by atoms with van der Waals surface area (Å²) in [7, 11) is 0. The zero-order chi connectivity index (χ0) is 9.80. The maximum Gasteiger partial charge on any atom is 0.158 e. The highest BCUT2D eigenvalue weighted by Gasteiger charge is 2.18. The monoisotopic (exact) mass is 192 g/mol. The van der Waals surface area contributed by atoms with Crippen molar-refractivity contribution in [2.75, 3.05) is 0 Å². The SMILES string of the molecule is O=C1CCCCC1=CC1CCCCC1. The predicted molar refractivity (Wildman–Crippen MR) is 58.1 cm³/mol. The molecule has 0 atom stereocenters. The van der Waals surface area contributed by atoms with E-state index in [2.05, 4.69) is 6.08 Å². The van der Waals surface area contributed by atoms with Crippen LogP contribution < -0.4 is 0 Å². The van der Waals surface area contributed by atoms with Gasteiger partial charge in [0.1, 0.15) is 0 Å². The molecule has 0 aromatic rings. The van der Waals surface area contributed by atoms with Gasteiger partial charge in [0.2, 0.25) is 0 Å². The first kappa shape index (κ1) is 9.95. The van der Waals surface area contributed by atoms with E-state index >= 15 is 0 Å². The zero-order valence-electron chi connectivity index (χ0n) is 8.93. The van der Waals surface area contributed by atoms with Gasteiger partial charge < -0.3 is 0 Å². The second-order valence-corrected chi connectivity index (χ2v) is 4.72. The van der Waals surface area contributed by atoms with Crippen LogP contribution in [0, 0.1) is 5.92 Å². The Hall–Kier alpha value is -0.590. The van der Waals surface area contributed by atoms with Crippen molar-refractivity contribution < 1.29 is 4.79 Å². The summed E-state index contributed by atoms with van der Waals surface area (Å²) in [6.07, 6.45) is 13.3. The molecule has 0 radical (unpaired) electrons. The Balaban J connectivity index is 1.96. The molecule has 2 rings (SSSR count). The van der Waals surface area contributed by atoms with E-state index in [4.69, 9.17) is 0 Å². The Morgan fingerprint density at radius 1 is 0.929 bits per heavy atom. The van der Waals surface area contributed by atoms with Crippen LogP contribution in [0.3, 0.4) is 0 Å². The number of Topliss-reactive ketones (excluding diaryl/α,β-unsaturated/α-hetero) is 1. The number of hydrogen-bond acceptors (Lipinski definition) is 1. The topological polar surface area (TPSA) is 17.1 Å². The van der Waals surface area contributed by atoms with Gasteiger partial charge >= 0.3 is 0 Å². The van der Waals surface area contributed by atoms with E-state index in [0.29, 0.717) is 5.78 Å². The second kappa shape index (κ2) is 4.77. The molecule has 0 N–H and O–H groups in total. The third-order valence-electron chi connectivity index (χ3n) is 3.54. The first-order chi connectivity index (χ1) is 6.86. The number of allylic oxidation sites excluding steroid dienone is 2. The molecule has 0 aromatic heterocycles. The van der Waals surface area contributed by atoms with Gasteiger partial charge in [-0.05, 0) is 43.6 Å². The average Bonchev–Trinajstić information content (AvgIpc) is 2.23. The average molecular weight is 192 g/mol. The molecule has 1 heteroatoms. The summed E-state index contributed by atoms with van der Waals surface area (Å²) in [5.41, 5.74) is 1.16. The molecule has 0 bridgehead atoms. The van der Waals surface area contributed by atoms with Gasteiger partial charge in [-0.25, -0.2) is 0 Å². The summed E-state index contributed by atoms with van der Waals surface area (Å²) in [5, 5.41) is 0. The van der Waals surface area contributed by atoms with E-state index < -0.39 is 0 Å². The van der Waals surface area contributed by atoms with Crippen molar-refractivity contribution in [3.63, 3.8) is 0 Å². The molecule has 14 heavy (non-hydrogen) atoms. The Labute approximate surface area is 86.6 Å². The highest BCUT2D eigenvalue weighted by atomic mass is 16.1. The van der Waals surface area contributed by atoms with Crippen LogP contribution in [-0.4, -0.2) is 5.78 Å². The molecule has 2 saturated carbocycles. The molecule has 2 aliphatic rings. The summed E-state index contributed by atoms with van der Waals surface area (Å²) >= 11 is 0. The number of carbonyl (C=O) groups is 1. The van der Waals surface area contributed by atoms with Crippen molar-refractivity contribution in [3.05, 3.63) is 11.6 Å². The molecule has 2 aliphatic carbocycles. The van der Waals surface area contributed by atoms with Crippen molar-refractivity contribution in [1.29, 1.82) is 0 Å². The van der Waals surface area contributed by atoms with Crippen LogP contribution in [0.2, 0.25) is 0 Å². The quantitative estimate of drug-likeness (QED) is 0.580. The van der Waals surface area contributed by atoms with Gasteiger partial charge in [0.15, 0.2) is 5.78 Å². The van der Waals surface area contributed by atoms with Crippen molar-refractivity contribution in [2.45, 2.75) is 57.8 Å². The van der Waals surface area contributed by atoms with Crippen molar-refractivity contribution in [3.8, 4) is 0 Å². The lowest BCUT2D eigenvalue weighted by Gasteiger charge is -2.21. The normalized spacial score (nSPS) is 28.3. The third kappa shape index (κ3) is 2.46. The van der Waals surface area contributed by atoms with Crippen LogP contribution in [0.15, 0.2) is 11.6 Å². The molecule has 0 heterocycles. The van der Waals surface area contributed by atoms with E-state index in [1.165, 1.54) is 38.5 Å². The molecule has 78 valence electrons. The smallest absolute Gasteiger partial charge is 0.158 e. The first-order valence-electron chi connectivity index (χ1n) is 6.10. The lowest BCUT2D eigenvalue weighted by molar-refractivity contribution is -0.116. The number of rotatable bonds is 1. The highest BCUT2D eigenvalue weighted by molar-refractivity contribution is 5.95. The Morgan fingerprint density at radius 3 is 2.36 bits per heavy atom.